The molecule has 82 valence electrons. The molecule has 0 amide bonds. The molecule has 0 bridgehead atoms. The van der Waals surface area contributed by atoms with Crippen LogP contribution in [0.15, 0.2) is 18.2 Å². The van der Waals surface area contributed by atoms with E-state index < -0.39 is 5.60 Å². The van der Waals surface area contributed by atoms with E-state index in [0.717, 1.165) is 31.2 Å². The third-order valence-corrected chi connectivity index (χ3v) is 3.39. The summed E-state index contributed by atoms with van der Waals surface area (Å²) in [6.07, 6.45) is 4.07. The van der Waals surface area contributed by atoms with Crippen LogP contribution >= 0.6 is 0 Å². The van der Waals surface area contributed by atoms with Crippen LogP contribution in [-0.2, 0) is 12.0 Å². The van der Waals surface area contributed by atoms with E-state index in [9.17, 15) is 5.11 Å². The first kappa shape index (κ1) is 10.7. The standard InChI is InChI=1S/C13H19NO/c1-10-5-6-11-4-2-3-7-13(15,9-14)12(11)8-10/h5-6,8,15H,2-4,7,9,14H2,1H3. The zero-order valence-electron chi connectivity index (χ0n) is 9.29. The average molecular weight is 205 g/mol. The number of fused-ring (bicyclic) bond motifs is 1. The molecule has 1 aliphatic rings. The summed E-state index contributed by atoms with van der Waals surface area (Å²) in [7, 11) is 0. The van der Waals surface area contributed by atoms with E-state index in [0.29, 0.717) is 6.54 Å². The van der Waals surface area contributed by atoms with E-state index in [2.05, 4.69) is 25.1 Å². The Hall–Kier alpha value is -0.860. The van der Waals surface area contributed by atoms with E-state index in [1.165, 1.54) is 11.1 Å². The van der Waals surface area contributed by atoms with Crippen molar-refractivity contribution in [2.24, 2.45) is 5.73 Å². The lowest BCUT2D eigenvalue weighted by Gasteiger charge is -2.27. The van der Waals surface area contributed by atoms with Crippen LogP contribution in [-0.4, -0.2) is 11.7 Å². The van der Waals surface area contributed by atoms with Gasteiger partial charge in [0, 0.05) is 6.54 Å². The van der Waals surface area contributed by atoms with Crippen LogP contribution in [0.2, 0.25) is 0 Å². The first-order valence-electron chi connectivity index (χ1n) is 5.68. The molecule has 0 aromatic heterocycles. The highest BCUT2D eigenvalue weighted by Gasteiger charge is 2.31. The molecule has 1 aromatic rings. The largest absolute Gasteiger partial charge is 0.384 e. The molecule has 2 heteroatoms. The summed E-state index contributed by atoms with van der Waals surface area (Å²) in [6, 6.07) is 6.34. The molecule has 3 N–H and O–H groups in total. The van der Waals surface area contributed by atoms with Crippen LogP contribution < -0.4 is 5.73 Å². The summed E-state index contributed by atoms with van der Waals surface area (Å²) < 4.78 is 0. The molecule has 0 radical (unpaired) electrons. The molecule has 0 heterocycles. The van der Waals surface area contributed by atoms with Gasteiger partial charge in [-0.15, -0.1) is 0 Å². The first-order valence-corrected chi connectivity index (χ1v) is 5.68. The van der Waals surface area contributed by atoms with Gasteiger partial charge in [-0.1, -0.05) is 23.8 Å². The first-order chi connectivity index (χ1) is 7.15. The second kappa shape index (κ2) is 3.95. The molecule has 2 rings (SSSR count). The molecule has 0 saturated carbocycles. The average Bonchev–Trinajstić information content (AvgIpc) is 2.40. The Labute approximate surface area is 91.1 Å². The summed E-state index contributed by atoms with van der Waals surface area (Å²) in [5.41, 5.74) is 8.45. The molecule has 0 aliphatic heterocycles. The van der Waals surface area contributed by atoms with Crippen molar-refractivity contribution in [1.82, 2.24) is 0 Å². The van der Waals surface area contributed by atoms with Gasteiger partial charge >= 0.3 is 0 Å². The highest BCUT2D eigenvalue weighted by molar-refractivity contribution is 5.37. The molecule has 1 aliphatic carbocycles. The fourth-order valence-electron chi connectivity index (χ4n) is 2.42. The Balaban J connectivity index is 2.52. The molecule has 1 aromatic carbocycles. The molecule has 15 heavy (non-hydrogen) atoms. The molecule has 0 spiro atoms. The van der Waals surface area contributed by atoms with Crippen molar-refractivity contribution in [2.75, 3.05) is 6.54 Å². The number of rotatable bonds is 1. The number of aliphatic hydroxyl groups is 1. The number of aryl methyl sites for hydroxylation is 2. The smallest absolute Gasteiger partial charge is 0.102 e. The number of nitrogens with two attached hydrogens (primary N) is 1. The molecule has 1 atom stereocenters. The molecule has 2 nitrogen and oxygen atoms in total. The van der Waals surface area contributed by atoms with Crippen molar-refractivity contribution in [3.63, 3.8) is 0 Å². The van der Waals surface area contributed by atoms with Crippen LogP contribution in [0.4, 0.5) is 0 Å². The second-order valence-electron chi connectivity index (χ2n) is 4.60. The normalized spacial score (nSPS) is 25.8. The maximum absolute atomic E-state index is 10.5. The van der Waals surface area contributed by atoms with Gasteiger partial charge in [-0.25, -0.2) is 0 Å². The highest BCUT2D eigenvalue weighted by atomic mass is 16.3. The summed E-state index contributed by atoms with van der Waals surface area (Å²) in [6.45, 7) is 2.38. The van der Waals surface area contributed by atoms with E-state index >= 15 is 0 Å². The Bertz CT molecular complexity index is 362. The lowest BCUT2D eigenvalue weighted by molar-refractivity contribution is 0.0362. The van der Waals surface area contributed by atoms with Gasteiger partial charge in [-0.3, -0.25) is 0 Å². The van der Waals surface area contributed by atoms with Crippen molar-refractivity contribution in [2.45, 2.75) is 38.2 Å². The lowest BCUT2D eigenvalue weighted by atomic mass is 9.87. The Morgan fingerprint density at radius 3 is 2.93 bits per heavy atom. The third kappa shape index (κ3) is 1.92. The van der Waals surface area contributed by atoms with Crippen molar-refractivity contribution >= 4 is 0 Å². The summed E-state index contributed by atoms with van der Waals surface area (Å²) in [4.78, 5) is 0. The molecule has 1 unspecified atom stereocenters. The van der Waals surface area contributed by atoms with Crippen LogP contribution in [0.1, 0.15) is 36.0 Å². The van der Waals surface area contributed by atoms with Gasteiger partial charge in [0.25, 0.3) is 0 Å². The van der Waals surface area contributed by atoms with Crippen LogP contribution in [0.5, 0.6) is 0 Å². The fourth-order valence-corrected chi connectivity index (χ4v) is 2.42. The molecular formula is C13H19NO. The van der Waals surface area contributed by atoms with E-state index in [1.54, 1.807) is 0 Å². The SMILES string of the molecule is Cc1ccc2c(c1)C(O)(CN)CCCC2. The quantitative estimate of drug-likeness (QED) is 0.687. The predicted octanol–water partition coefficient (Wildman–Crippen LogP) is 1.87. The zero-order valence-corrected chi connectivity index (χ0v) is 9.29. The van der Waals surface area contributed by atoms with Crippen LogP contribution in [0.3, 0.4) is 0 Å². The molecular weight excluding hydrogens is 186 g/mol. The maximum atomic E-state index is 10.5. The number of benzene rings is 1. The zero-order chi connectivity index (χ0) is 10.9. The third-order valence-electron chi connectivity index (χ3n) is 3.39. The monoisotopic (exact) mass is 205 g/mol. The van der Waals surface area contributed by atoms with Crippen LogP contribution in [0.25, 0.3) is 0 Å². The lowest BCUT2D eigenvalue weighted by Crippen LogP contribution is -2.35. The van der Waals surface area contributed by atoms with E-state index in [4.69, 9.17) is 5.73 Å². The number of hydrogen-bond acceptors (Lipinski definition) is 2. The molecule has 0 saturated heterocycles. The number of hydrogen-bond donors (Lipinski definition) is 2. The fraction of sp³-hybridized carbons (Fsp3) is 0.538. The summed E-state index contributed by atoms with van der Waals surface area (Å²) in [5.74, 6) is 0. The predicted molar refractivity (Wildman–Crippen MR) is 61.7 cm³/mol. The topological polar surface area (TPSA) is 46.2 Å². The summed E-state index contributed by atoms with van der Waals surface area (Å²) in [5, 5.41) is 10.5. The second-order valence-corrected chi connectivity index (χ2v) is 4.60. The van der Waals surface area contributed by atoms with E-state index in [1.807, 2.05) is 0 Å². The van der Waals surface area contributed by atoms with Gasteiger partial charge in [0.2, 0.25) is 0 Å². The van der Waals surface area contributed by atoms with Gasteiger partial charge in [0.15, 0.2) is 0 Å². The maximum Gasteiger partial charge on any atom is 0.102 e. The minimum atomic E-state index is -0.794. The van der Waals surface area contributed by atoms with Crippen molar-refractivity contribution in [3.05, 3.63) is 34.9 Å². The van der Waals surface area contributed by atoms with E-state index in [-0.39, 0.29) is 0 Å². The van der Waals surface area contributed by atoms with Gasteiger partial charge in [0.05, 0.1) is 0 Å². The Morgan fingerprint density at radius 2 is 2.20 bits per heavy atom. The molecule has 0 fully saturated rings. The van der Waals surface area contributed by atoms with Crippen molar-refractivity contribution in [1.29, 1.82) is 0 Å². The minimum absolute atomic E-state index is 0.323. The Kier molecular flexibility index (Phi) is 2.81. The van der Waals surface area contributed by atoms with Gasteiger partial charge in [-0.05, 0) is 43.7 Å². The van der Waals surface area contributed by atoms with Crippen molar-refractivity contribution in [3.8, 4) is 0 Å². The Morgan fingerprint density at radius 1 is 1.40 bits per heavy atom. The summed E-state index contributed by atoms with van der Waals surface area (Å²) >= 11 is 0. The minimum Gasteiger partial charge on any atom is -0.384 e. The van der Waals surface area contributed by atoms with Gasteiger partial charge in [0.1, 0.15) is 5.60 Å². The van der Waals surface area contributed by atoms with Crippen LogP contribution in [0, 0.1) is 6.92 Å². The van der Waals surface area contributed by atoms with Gasteiger partial charge in [-0.2, -0.15) is 0 Å². The highest BCUT2D eigenvalue weighted by Crippen LogP contribution is 2.33. The van der Waals surface area contributed by atoms with Crippen molar-refractivity contribution < 1.29 is 5.11 Å². The van der Waals surface area contributed by atoms with Gasteiger partial charge < -0.3 is 10.8 Å².